The lowest BCUT2D eigenvalue weighted by molar-refractivity contribution is -0.385. The number of halogens is 1. The first-order valence-corrected chi connectivity index (χ1v) is 8.25. The molecule has 136 valence electrons. The van der Waals surface area contributed by atoms with Gasteiger partial charge in [0.15, 0.2) is 6.61 Å². The van der Waals surface area contributed by atoms with E-state index in [0.29, 0.717) is 16.5 Å². The number of nitro benzene ring substituents is 1. The van der Waals surface area contributed by atoms with Crippen LogP contribution in [0.3, 0.4) is 0 Å². The van der Waals surface area contributed by atoms with Crippen LogP contribution in [0, 0.1) is 17.0 Å². The van der Waals surface area contributed by atoms with Gasteiger partial charge in [-0.15, -0.1) is 0 Å². The van der Waals surface area contributed by atoms with Gasteiger partial charge in [-0.05, 0) is 19.1 Å². The van der Waals surface area contributed by atoms with E-state index >= 15 is 0 Å². The lowest BCUT2D eigenvalue weighted by atomic mass is 10.1. The van der Waals surface area contributed by atoms with E-state index in [9.17, 15) is 19.7 Å². The molecule has 3 rings (SSSR count). The molecule has 0 aliphatic carbocycles. The maximum absolute atomic E-state index is 12.4. The van der Waals surface area contributed by atoms with Crippen molar-refractivity contribution in [3.05, 3.63) is 80.5 Å². The van der Waals surface area contributed by atoms with E-state index in [1.54, 1.807) is 31.2 Å². The van der Waals surface area contributed by atoms with Crippen LogP contribution in [0.15, 0.2) is 48.5 Å². The van der Waals surface area contributed by atoms with Gasteiger partial charge < -0.3 is 4.74 Å². The average Bonchev–Trinajstić information content (AvgIpc) is 2.65. The Morgan fingerprint density at radius 3 is 2.67 bits per heavy atom. The number of esters is 1. The van der Waals surface area contributed by atoms with Gasteiger partial charge in [0.25, 0.3) is 5.69 Å². The summed E-state index contributed by atoms with van der Waals surface area (Å²) in [5.41, 5.74) is 1.08. The number of ether oxygens (including phenoxy) is 1. The van der Waals surface area contributed by atoms with Gasteiger partial charge in [-0.2, -0.15) is 0 Å². The third-order valence-electron chi connectivity index (χ3n) is 3.97. The van der Waals surface area contributed by atoms with Gasteiger partial charge in [-0.3, -0.25) is 14.9 Å². The Morgan fingerprint density at radius 1 is 1.19 bits per heavy atom. The first-order chi connectivity index (χ1) is 12.9. The summed E-state index contributed by atoms with van der Waals surface area (Å²) in [5, 5.41) is 11.7. The summed E-state index contributed by atoms with van der Waals surface area (Å²) in [6, 6.07) is 12.4. The molecule has 0 N–H and O–H groups in total. The fourth-order valence-electron chi connectivity index (χ4n) is 2.58. The number of nitro groups is 1. The van der Waals surface area contributed by atoms with Crippen molar-refractivity contribution in [1.29, 1.82) is 0 Å². The van der Waals surface area contributed by atoms with Crippen LogP contribution in [-0.2, 0) is 4.74 Å². The molecule has 0 amide bonds. The minimum absolute atomic E-state index is 0.0951. The first-order valence-electron chi connectivity index (χ1n) is 7.87. The average molecular weight is 385 g/mol. The molecule has 3 aromatic rings. The van der Waals surface area contributed by atoms with Crippen LogP contribution in [0.25, 0.3) is 10.9 Å². The Kier molecular flexibility index (Phi) is 5.14. The summed E-state index contributed by atoms with van der Waals surface area (Å²) in [5.74, 6) is -1.28. The Bertz CT molecular complexity index is 1080. The van der Waals surface area contributed by atoms with Gasteiger partial charge in [0, 0.05) is 22.6 Å². The molecule has 0 spiro atoms. The maximum atomic E-state index is 12.4. The summed E-state index contributed by atoms with van der Waals surface area (Å²) in [4.78, 5) is 39.2. The van der Waals surface area contributed by atoms with E-state index in [1.165, 1.54) is 24.3 Å². The molecule has 7 nitrogen and oxygen atoms in total. The number of aryl methyl sites for hydroxylation is 1. The van der Waals surface area contributed by atoms with Crippen LogP contribution < -0.4 is 0 Å². The molecule has 0 saturated carbocycles. The Balaban J connectivity index is 1.79. The number of nitrogens with zero attached hydrogens (tertiary/aromatic N) is 2. The lowest BCUT2D eigenvalue weighted by Crippen LogP contribution is -2.15. The molecular weight excluding hydrogens is 372 g/mol. The molecule has 0 saturated heterocycles. The highest BCUT2D eigenvalue weighted by Crippen LogP contribution is 2.22. The molecule has 0 radical (unpaired) electrons. The minimum Gasteiger partial charge on any atom is -0.454 e. The maximum Gasteiger partial charge on any atom is 0.339 e. The van der Waals surface area contributed by atoms with E-state index in [2.05, 4.69) is 4.98 Å². The first kappa shape index (κ1) is 18.5. The number of aromatic nitrogens is 1. The highest BCUT2D eigenvalue weighted by Gasteiger charge is 2.18. The number of fused-ring (bicyclic) bond motifs is 1. The molecule has 0 atom stereocenters. The second-order valence-electron chi connectivity index (χ2n) is 5.77. The summed E-state index contributed by atoms with van der Waals surface area (Å²) < 4.78 is 5.09. The molecular formula is C19H13ClN2O5. The molecule has 0 bridgehead atoms. The fraction of sp³-hybridized carbons (Fsp3) is 0.105. The number of pyridine rings is 1. The Hall–Kier alpha value is -3.32. The molecule has 27 heavy (non-hydrogen) atoms. The van der Waals surface area contributed by atoms with Crippen LogP contribution in [-0.4, -0.2) is 28.3 Å². The molecule has 1 aromatic heterocycles. The molecule has 0 aliphatic heterocycles. The normalized spacial score (nSPS) is 10.6. The van der Waals surface area contributed by atoms with Crippen LogP contribution >= 0.6 is 11.6 Å². The number of carbonyl (C=O) groups is 2. The zero-order valence-corrected chi connectivity index (χ0v) is 14.9. The molecule has 0 aliphatic rings. The van der Waals surface area contributed by atoms with Crippen LogP contribution in [0.4, 0.5) is 5.69 Å². The van der Waals surface area contributed by atoms with Gasteiger partial charge in [-0.1, -0.05) is 41.9 Å². The lowest BCUT2D eigenvalue weighted by Gasteiger charge is -2.08. The second kappa shape index (κ2) is 7.51. The quantitative estimate of drug-likeness (QED) is 0.215. The molecule has 2 aromatic carbocycles. The predicted octanol–water partition coefficient (Wildman–Crippen LogP) is 4.14. The molecule has 0 unspecified atom stereocenters. The van der Waals surface area contributed by atoms with Crippen molar-refractivity contribution in [2.24, 2.45) is 0 Å². The van der Waals surface area contributed by atoms with Gasteiger partial charge in [-0.25, -0.2) is 9.78 Å². The van der Waals surface area contributed by atoms with Gasteiger partial charge in [0.1, 0.15) is 5.15 Å². The minimum atomic E-state index is -0.731. The third kappa shape index (κ3) is 3.93. The smallest absolute Gasteiger partial charge is 0.339 e. The summed E-state index contributed by atoms with van der Waals surface area (Å²) in [6.45, 7) is 1.03. The van der Waals surface area contributed by atoms with E-state index in [0.717, 1.165) is 0 Å². The summed E-state index contributed by atoms with van der Waals surface area (Å²) >= 11 is 5.94. The van der Waals surface area contributed by atoms with E-state index in [1.807, 2.05) is 0 Å². The number of hydrogen-bond donors (Lipinski definition) is 0. The van der Waals surface area contributed by atoms with Gasteiger partial charge in [0.05, 0.1) is 16.0 Å². The standard InChI is InChI=1S/C19H13ClN2O5/c1-11-6-7-12(8-16(11)22(25)26)17(23)10-27-19(24)14-9-18(20)21-15-5-3-2-4-13(14)15/h2-9H,10H2,1H3. The summed E-state index contributed by atoms with van der Waals surface area (Å²) in [6.07, 6.45) is 0. The fourth-order valence-corrected chi connectivity index (χ4v) is 2.78. The van der Waals surface area contributed by atoms with E-state index in [-0.39, 0.29) is 22.0 Å². The number of rotatable bonds is 5. The third-order valence-corrected chi connectivity index (χ3v) is 4.16. The zero-order valence-electron chi connectivity index (χ0n) is 14.1. The van der Waals surface area contributed by atoms with Crippen LogP contribution in [0.1, 0.15) is 26.3 Å². The van der Waals surface area contributed by atoms with E-state index in [4.69, 9.17) is 16.3 Å². The Morgan fingerprint density at radius 2 is 1.93 bits per heavy atom. The van der Waals surface area contributed by atoms with Crippen LogP contribution in [0.5, 0.6) is 0 Å². The van der Waals surface area contributed by atoms with Crippen molar-refractivity contribution in [2.45, 2.75) is 6.92 Å². The van der Waals surface area contributed by atoms with Crippen molar-refractivity contribution >= 4 is 39.9 Å². The molecule has 1 heterocycles. The van der Waals surface area contributed by atoms with Crippen molar-refractivity contribution in [2.75, 3.05) is 6.61 Å². The number of hydrogen-bond acceptors (Lipinski definition) is 6. The van der Waals surface area contributed by atoms with Crippen LogP contribution in [0.2, 0.25) is 5.15 Å². The van der Waals surface area contributed by atoms with Crippen molar-refractivity contribution in [1.82, 2.24) is 4.98 Å². The van der Waals surface area contributed by atoms with Gasteiger partial charge >= 0.3 is 5.97 Å². The largest absolute Gasteiger partial charge is 0.454 e. The molecule has 0 fully saturated rings. The number of benzene rings is 2. The van der Waals surface area contributed by atoms with Gasteiger partial charge in [0.2, 0.25) is 5.78 Å². The summed E-state index contributed by atoms with van der Waals surface area (Å²) in [7, 11) is 0. The van der Waals surface area contributed by atoms with E-state index < -0.39 is 23.3 Å². The monoisotopic (exact) mass is 384 g/mol. The number of Topliss-reactive ketones (excluding diaryl/α,β-unsaturated/α-hetero) is 1. The second-order valence-corrected chi connectivity index (χ2v) is 6.15. The SMILES string of the molecule is Cc1ccc(C(=O)COC(=O)c2cc(Cl)nc3ccccc23)cc1[N+](=O)[O-]. The number of para-hydroxylation sites is 1. The van der Waals surface area contributed by atoms with Crippen molar-refractivity contribution in [3.8, 4) is 0 Å². The van der Waals surface area contributed by atoms with Crippen molar-refractivity contribution in [3.63, 3.8) is 0 Å². The van der Waals surface area contributed by atoms with Crippen molar-refractivity contribution < 1.29 is 19.2 Å². The predicted molar refractivity (Wildman–Crippen MR) is 99.2 cm³/mol. The highest BCUT2D eigenvalue weighted by atomic mass is 35.5. The zero-order chi connectivity index (χ0) is 19.6. The number of ketones is 1. The number of carbonyl (C=O) groups excluding carboxylic acids is 2. The molecule has 8 heteroatoms. The Labute approximate surface area is 158 Å². The highest BCUT2D eigenvalue weighted by molar-refractivity contribution is 6.30. The topological polar surface area (TPSA) is 99.4 Å².